The summed E-state index contributed by atoms with van der Waals surface area (Å²) in [6.45, 7) is 2.80. The molecule has 0 aromatic carbocycles. The molecule has 0 radical (unpaired) electrons. The van der Waals surface area contributed by atoms with E-state index < -0.39 is 0 Å². The van der Waals surface area contributed by atoms with E-state index >= 15 is 0 Å². The van der Waals surface area contributed by atoms with Gasteiger partial charge < -0.3 is 15.0 Å². The second kappa shape index (κ2) is 11.2. The van der Waals surface area contributed by atoms with E-state index in [1.165, 1.54) is 30.5 Å². The van der Waals surface area contributed by atoms with Crippen molar-refractivity contribution in [2.45, 2.75) is 51.1 Å². The van der Waals surface area contributed by atoms with Gasteiger partial charge in [0.25, 0.3) is 0 Å². The van der Waals surface area contributed by atoms with Crippen molar-refractivity contribution >= 4 is 12.0 Å². The minimum absolute atomic E-state index is 0.224. The number of imidazole rings is 1. The summed E-state index contributed by atoms with van der Waals surface area (Å²) in [6, 6.07) is 4.57. The van der Waals surface area contributed by atoms with E-state index in [1.54, 1.807) is 0 Å². The minimum atomic E-state index is -0.224. The number of fused-ring (bicyclic) bond motifs is 2. The third kappa shape index (κ3) is 5.72. The molecule has 0 aliphatic heterocycles. The topological polar surface area (TPSA) is 83.1 Å². The molecular weight excluding hydrogens is 402 g/mol. The van der Waals surface area contributed by atoms with Crippen LogP contribution in [0.1, 0.15) is 60.2 Å². The monoisotopic (exact) mass is 435 g/mol. The molecule has 2 aliphatic carbocycles. The number of methoxy groups -OCH3 is 1. The zero-order chi connectivity index (χ0) is 22.2. The highest BCUT2D eigenvalue weighted by Gasteiger charge is 2.27. The van der Waals surface area contributed by atoms with Gasteiger partial charge in [-0.25, -0.2) is 4.98 Å². The molecule has 7 nitrogen and oxygen atoms in total. The average molecular weight is 436 g/mol. The van der Waals surface area contributed by atoms with Crippen molar-refractivity contribution in [1.29, 1.82) is 0 Å². The molecule has 2 aromatic rings. The predicted octanol–water partition coefficient (Wildman–Crippen LogP) is 3.35. The maximum absolute atomic E-state index is 11.3. The fourth-order valence-electron chi connectivity index (χ4n) is 4.56. The Morgan fingerprint density at radius 3 is 3.19 bits per heavy atom. The molecule has 2 heterocycles. The summed E-state index contributed by atoms with van der Waals surface area (Å²) in [6.07, 6.45) is 16.6. The zero-order valence-electron chi connectivity index (χ0n) is 18.8. The first-order chi connectivity index (χ1) is 15.7. The summed E-state index contributed by atoms with van der Waals surface area (Å²) < 4.78 is 4.68. The van der Waals surface area contributed by atoms with E-state index in [0.29, 0.717) is 6.04 Å². The Morgan fingerprint density at radius 1 is 1.34 bits per heavy atom. The number of aryl methyl sites for hydroxylation is 1. The van der Waals surface area contributed by atoms with Gasteiger partial charge in [0.05, 0.1) is 37.6 Å². The number of ether oxygens (including phenoxy) is 1. The van der Waals surface area contributed by atoms with Crippen LogP contribution in [0.5, 0.6) is 0 Å². The fraction of sp³-hybridized carbons (Fsp3) is 0.480. The smallest absolute Gasteiger partial charge is 0.319 e. The van der Waals surface area contributed by atoms with Crippen molar-refractivity contribution in [3.05, 3.63) is 65.0 Å². The van der Waals surface area contributed by atoms with E-state index in [2.05, 4.69) is 50.3 Å². The lowest BCUT2D eigenvalue weighted by Gasteiger charge is -2.34. The SMILES string of the molecule is COC(=O)CNCCCCN(Cc1nc2c([nH]1)CC=CC=C2)C1CCCc2cccnc21. The number of esters is 1. The molecule has 2 N–H and O–H groups in total. The van der Waals surface area contributed by atoms with Crippen LogP contribution < -0.4 is 5.32 Å². The number of aromatic nitrogens is 3. The first-order valence-electron chi connectivity index (χ1n) is 11.6. The summed E-state index contributed by atoms with van der Waals surface area (Å²) in [5.74, 6) is 0.791. The first kappa shape index (κ1) is 22.4. The number of H-pyrrole nitrogens is 1. The maximum Gasteiger partial charge on any atom is 0.319 e. The number of hydrogen-bond acceptors (Lipinski definition) is 6. The molecule has 1 atom stereocenters. The van der Waals surface area contributed by atoms with Crippen molar-refractivity contribution < 1.29 is 9.53 Å². The van der Waals surface area contributed by atoms with Gasteiger partial charge in [0, 0.05) is 18.3 Å². The molecule has 0 saturated carbocycles. The van der Waals surface area contributed by atoms with Crippen LogP contribution in [0.25, 0.3) is 6.08 Å². The quantitative estimate of drug-likeness (QED) is 0.440. The van der Waals surface area contributed by atoms with Crippen LogP contribution in [0.3, 0.4) is 0 Å². The zero-order valence-corrected chi connectivity index (χ0v) is 18.8. The number of carbonyl (C=O) groups excluding carboxylic acids is 1. The molecule has 2 aromatic heterocycles. The summed E-state index contributed by atoms with van der Waals surface area (Å²) in [7, 11) is 1.41. The van der Waals surface area contributed by atoms with Crippen molar-refractivity contribution in [1.82, 2.24) is 25.2 Å². The van der Waals surface area contributed by atoms with Gasteiger partial charge in [0.2, 0.25) is 0 Å². The Bertz CT molecular complexity index is 965. The third-order valence-electron chi connectivity index (χ3n) is 6.19. The highest BCUT2D eigenvalue weighted by molar-refractivity contribution is 5.71. The molecule has 7 heteroatoms. The highest BCUT2D eigenvalue weighted by Crippen LogP contribution is 2.33. The number of pyridine rings is 1. The largest absolute Gasteiger partial charge is 0.468 e. The Balaban J connectivity index is 1.43. The molecule has 170 valence electrons. The van der Waals surface area contributed by atoms with Crippen molar-refractivity contribution in [3.63, 3.8) is 0 Å². The fourth-order valence-corrected chi connectivity index (χ4v) is 4.56. The van der Waals surface area contributed by atoms with Gasteiger partial charge in [0.1, 0.15) is 5.82 Å². The van der Waals surface area contributed by atoms with Crippen LogP contribution in [0.4, 0.5) is 0 Å². The van der Waals surface area contributed by atoms with Crippen molar-refractivity contribution in [2.75, 3.05) is 26.7 Å². The number of allylic oxidation sites excluding steroid dienone is 3. The summed E-state index contributed by atoms with van der Waals surface area (Å²) in [4.78, 5) is 27.0. The van der Waals surface area contributed by atoms with Crippen LogP contribution in [0, 0.1) is 0 Å². The second-order valence-electron chi connectivity index (χ2n) is 8.42. The molecule has 0 saturated heterocycles. The molecule has 0 spiro atoms. The van der Waals surface area contributed by atoms with Gasteiger partial charge in [-0.3, -0.25) is 14.7 Å². The lowest BCUT2D eigenvalue weighted by atomic mass is 9.90. The number of unbranched alkanes of at least 4 members (excludes halogenated alkanes) is 1. The Labute approximate surface area is 190 Å². The number of hydrogen-bond donors (Lipinski definition) is 2. The van der Waals surface area contributed by atoms with Crippen LogP contribution >= 0.6 is 0 Å². The molecule has 0 amide bonds. The van der Waals surface area contributed by atoms with Gasteiger partial charge in [-0.15, -0.1) is 0 Å². The molecular formula is C25H33N5O2. The third-order valence-corrected chi connectivity index (χ3v) is 6.19. The molecule has 0 fully saturated rings. The van der Waals surface area contributed by atoms with E-state index in [4.69, 9.17) is 9.97 Å². The van der Waals surface area contributed by atoms with Crippen molar-refractivity contribution in [3.8, 4) is 0 Å². The number of aromatic amines is 1. The molecule has 1 unspecified atom stereocenters. The van der Waals surface area contributed by atoms with Gasteiger partial charge in [0.15, 0.2) is 0 Å². The first-order valence-corrected chi connectivity index (χ1v) is 11.6. The number of carbonyl (C=O) groups is 1. The van der Waals surface area contributed by atoms with Crippen LogP contribution in [0.15, 0.2) is 36.6 Å². The van der Waals surface area contributed by atoms with Gasteiger partial charge in [-0.05, 0) is 62.9 Å². The van der Waals surface area contributed by atoms with Gasteiger partial charge >= 0.3 is 5.97 Å². The minimum Gasteiger partial charge on any atom is -0.468 e. The summed E-state index contributed by atoms with van der Waals surface area (Å²) in [5, 5.41) is 3.16. The van der Waals surface area contributed by atoms with Crippen LogP contribution in [-0.2, 0) is 28.9 Å². The Kier molecular flexibility index (Phi) is 7.85. The van der Waals surface area contributed by atoms with E-state index in [0.717, 1.165) is 63.3 Å². The lowest BCUT2D eigenvalue weighted by Crippen LogP contribution is -2.33. The lowest BCUT2D eigenvalue weighted by molar-refractivity contribution is -0.139. The average Bonchev–Trinajstić information content (AvgIpc) is 3.07. The number of rotatable bonds is 10. The Morgan fingerprint density at radius 2 is 2.28 bits per heavy atom. The number of nitrogens with one attached hydrogen (secondary N) is 2. The Hall–Kier alpha value is -2.77. The van der Waals surface area contributed by atoms with E-state index in [1.807, 2.05) is 12.3 Å². The molecule has 2 aliphatic rings. The highest BCUT2D eigenvalue weighted by atomic mass is 16.5. The summed E-state index contributed by atoms with van der Waals surface area (Å²) >= 11 is 0. The van der Waals surface area contributed by atoms with Crippen molar-refractivity contribution in [2.24, 2.45) is 0 Å². The molecule has 32 heavy (non-hydrogen) atoms. The normalized spacial score (nSPS) is 17.1. The van der Waals surface area contributed by atoms with Gasteiger partial charge in [-0.2, -0.15) is 0 Å². The van der Waals surface area contributed by atoms with E-state index in [9.17, 15) is 4.79 Å². The van der Waals surface area contributed by atoms with E-state index in [-0.39, 0.29) is 12.5 Å². The summed E-state index contributed by atoms with van der Waals surface area (Å²) in [5.41, 5.74) is 4.81. The number of nitrogens with zero attached hydrogens (tertiary/aromatic N) is 3. The standard InChI is InChI=1S/C25H33N5O2/c1-32-24(31)17-26-14-5-6-16-30(22-13-7-9-19-10-8-15-27-25(19)22)18-23-28-20-11-3-2-4-12-21(20)29-23/h2-4,8,10-11,15,22,26H,5-7,9,12-14,16-18H2,1H3,(H,28,29). The molecule has 4 rings (SSSR count). The molecule has 0 bridgehead atoms. The van der Waals surface area contributed by atoms with Crippen LogP contribution in [-0.4, -0.2) is 52.6 Å². The van der Waals surface area contributed by atoms with Crippen LogP contribution in [0.2, 0.25) is 0 Å². The second-order valence-corrected chi connectivity index (χ2v) is 8.42. The maximum atomic E-state index is 11.3. The van der Waals surface area contributed by atoms with Gasteiger partial charge in [-0.1, -0.05) is 24.3 Å². The predicted molar refractivity (Wildman–Crippen MR) is 125 cm³/mol.